The molecule has 5 amide bonds. The second kappa shape index (κ2) is 24.0. The van der Waals surface area contributed by atoms with Gasteiger partial charge in [-0.15, -0.1) is 0 Å². The van der Waals surface area contributed by atoms with E-state index in [1.165, 1.54) is 0 Å². The number of carbonyl (C=O) groups excluding carboxylic acids is 7. The maximum Gasteiger partial charge on any atom is 0.316 e. The van der Waals surface area contributed by atoms with E-state index in [0.717, 1.165) is 22.4 Å². The van der Waals surface area contributed by atoms with Gasteiger partial charge in [0.05, 0.1) is 30.8 Å². The summed E-state index contributed by atoms with van der Waals surface area (Å²) in [5.41, 5.74) is 0.425. The van der Waals surface area contributed by atoms with Crippen molar-refractivity contribution in [3.8, 4) is 5.75 Å². The molecule has 15 heteroatoms. The maximum absolute atomic E-state index is 15.2. The Bertz CT molecular complexity index is 2210. The minimum Gasteiger partial charge on any atom is -0.425 e. The van der Waals surface area contributed by atoms with Crippen molar-refractivity contribution in [2.75, 3.05) is 46.0 Å². The molecule has 368 valence electrons. The molecule has 2 aliphatic heterocycles. The van der Waals surface area contributed by atoms with Gasteiger partial charge in [-0.1, -0.05) is 88.4 Å². The molecule has 2 heterocycles. The molecule has 3 N–H and O–H groups in total. The lowest BCUT2D eigenvalue weighted by Gasteiger charge is -2.42. The number of esters is 1. The molecule has 0 bridgehead atoms. The van der Waals surface area contributed by atoms with Crippen molar-refractivity contribution < 1.29 is 52.3 Å². The average molecular weight is 939 g/mol. The number of nitrogens with one attached hydrogen (secondary N) is 3. The first-order valence-electron chi connectivity index (χ1n) is 23.9. The Morgan fingerprint density at radius 3 is 1.99 bits per heavy atom. The third kappa shape index (κ3) is 15.4. The molecule has 68 heavy (non-hydrogen) atoms. The third-order valence-corrected chi connectivity index (χ3v) is 12.4. The largest absolute Gasteiger partial charge is 0.425 e. The van der Waals surface area contributed by atoms with Gasteiger partial charge in [-0.3, -0.25) is 38.5 Å². The molecular formula is C53H72N5O10+. The Morgan fingerprint density at radius 1 is 0.794 bits per heavy atom. The molecule has 4 atom stereocenters. The molecule has 3 aromatic rings. The molecule has 0 radical (unpaired) electrons. The first kappa shape index (κ1) is 53.2. The highest BCUT2D eigenvalue weighted by Gasteiger charge is 2.54. The molecular weight excluding hydrogens is 867 g/mol. The molecule has 0 spiro atoms. The summed E-state index contributed by atoms with van der Waals surface area (Å²) in [6.07, 6.45) is 2.15. The normalized spacial score (nSPS) is 17.9. The zero-order chi connectivity index (χ0) is 49.6. The van der Waals surface area contributed by atoms with Gasteiger partial charge in [0.1, 0.15) is 43.5 Å². The summed E-state index contributed by atoms with van der Waals surface area (Å²) in [4.78, 5) is 99.1. The highest BCUT2D eigenvalue weighted by Crippen LogP contribution is 2.32. The van der Waals surface area contributed by atoms with Crippen LogP contribution in [0.1, 0.15) is 102 Å². The number of hydrogen-bond donors (Lipinski definition) is 3. The molecule has 2 aliphatic rings. The van der Waals surface area contributed by atoms with E-state index in [1.54, 1.807) is 45.9 Å². The Hall–Kier alpha value is -5.77. The van der Waals surface area contributed by atoms with Crippen molar-refractivity contribution in [3.63, 3.8) is 0 Å². The van der Waals surface area contributed by atoms with Crippen LogP contribution in [0, 0.1) is 17.3 Å². The summed E-state index contributed by atoms with van der Waals surface area (Å²) in [6, 6.07) is 20.3. The van der Waals surface area contributed by atoms with Gasteiger partial charge in [0.15, 0.2) is 18.4 Å². The van der Waals surface area contributed by atoms with Crippen molar-refractivity contribution >= 4 is 41.8 Å². The lowest BCUT2D eigenvalue weighted by Crippen LogP contribution is -2.64. The van der Waals surface area contributed by atoms with Crippen molar-refractivity contribution in [3.05, 3.63) is 101 Å². The number of amides is 5. The number of epoxide rings is 1. The fourth-order valence-corrected chi connectivity index (χ4v) is 8.14. The van der Waals surface area contributed by atoms with Crippen LogP contribution in [0.2, 0.25) is 0 Å². The number of aryl methyl sites for hydroxylation is 1. The summed E-state index contributed by atoms with van der Waals surface area (Å²) < 4.78 is 17.1. The average Bonchev–Trinajstić information content (AvgIpc) is 4.05. The van der Waals surface area contributed by atoms with Gasteiger partial charge in [0.2, 0.25) is 17.7 Å². The van der Waals surface area contributed by atoms with Crippen LogP contribution in [0.3, 0.4) is 0 Å². The Balaban J connectivity index is 1.47. The second-order valence-corrected chi connectivity index (χ2v) is 20.4. The second-order valence-electron chi connectivity index (χ2n) is 20.4. The lowest BCUT2D eigenvalue weighted by molar-refractivity contribution is -0.940. The first-order chi connectivity index (χ1) is 32.2. The van der Waals surface area contributed by atoms with E-state index >= 15 is 9.59 Å². The molecule has 2 saturated heterocycles. The number of nitrogens with zero attached hydrogens (tertiary/aromatic N) is 2. The van der Waals surface area contributed by atoms with Crippen molar-refractivity contribution in [2.45, 2.75) is 118 Å². The predicted molar refractivity (Wildman–Crippen MR) is 257 cm³/mol. The third-order valence-electron chi connectivity index (χ3n) is 12.4. The minimum atomic E-state index is -1.36. The number of quaternary nitrogens is 1. The number of rotatable bonds is 23. The summed E-state index contributed by atoms with van der Waals surface area (Å²) in [5.74, 6) is -2.99. The van der Waals surface area contributed by atoms with Crippen LogP contribution in [0.25, 0.3) is 0 Å². The number of benzene rings is 3. The van der Waals surface area contributed by atoms with E-state index in [9.17, 15) is 24.0 Å². The van der Waals surface area contributed by atoms with E-state index in [0.29, 0.717) is 57.0 Å². The Kier molecular flexibility index (Phi) is 18.8. The fourth-order valence-electron chi connectivity index (χ4n) is 8.14. The van der Waals surface area contributed by atoms with E-state index in [2.05, 4.69) is 29.8 Å². The van der Waals surface area contributed by atoms with Gasteiger partial charge >= 0.3 is 5.97 Å². The number of imide groups is 1. The number of aldehydes is 1. The predicted octanol–water partition coefficient (Wildman–Crippen LogP) is 5.36. The monoisotopic (exact) mass is 939 g/mol. The van der Waals surface area contributed by atoms with Crippen LogP contribution in [-0.4, -0.2) is 121 Å². The smallest absolute Gasteiger partial charge is 0.316 e. The topological polar surface area (TPSA) is 190 Å². The van der Waals surface area contributed by atoms with Gasteiger partial charge < -0.3 is 34.6 Å². The minimum absolute atomic E-state index is 0.0366. The molecule has 5 rings (SSSR count). The fraction of sp³-hybridized carbons (Fsp3) is 0.528. The van der Waals surface area contributed by atoms with Crippen LogP contribution >= 0.6 is 0 Å². The van der Waals surface area contributed by atoms with Crippen molar-refractivity contribution in [1.29, 1.82) is 0 Å². The van der Waals surface area contributed by atoms with Gasteiger partial charge in [-0.25, -0.2) is 0 Å². The van der Waals surface area contributed by atoms with E-state index in [4.69, 9.17) is 14.2 Å². The van der Waals surface area contributed by atoms with Crippen LogP contribution in [-0.2, 0) is 57.6 Å². The van der Waals surface area contributed by atoms with Crippen LogP contribution in [0.5, 0.6) is 5.75 Å². The van der Waals surface area contributed by atoms with E-state index in [1.807, 2.05) is 74.5 Å². The molecule has 0 aromatic heterocycles. The maximum atomic E-state index is 15.2. The SMILES string of the molecule is CC(C)CCNC(=O)[C@H](Cc1ccccc1)NC(=O)[C@H](CC(C)C)NC(=O)[C@H](CCc1ccccc1)N(C(=O)C[N+]1(Cc2ccc(OC(=O)C(C)(C)C)c(C=O)c2)CCOCC1)C(=O)[C@@]1(C)CO1. The summed E-state index contributed by atoms with van der Waals surface area (Å²) in [5, 5.41) is 8.84. The van der Waals surface area contributed by atoms with Gasteiger partial charge in [0.25, 0.3) is 11.8 Å². The van der Waals surface area contributed by atoms with Crippen LogP contribution in [0.15, 0.2) is 78.9 Å². The van der Waals surface area contributed by atoms with Gasteiger partial charge in [0, 0.05) is 18.5 Å². The van der Waals surface area contributed by atoms with Crippen molar-refractivity contribution in [2.24, 2.45) is 17.3 Å². The number of morpholine rings is 1. The van der Waals surface area contributed by atoms with Crippen molar-refractivity contribution in [1.82, 2.24) is 20.9 Å². The van der Waals surface area contributed by atoms with Gasteiger partial charge in [-0.05, 0) is 94.5 Å². The molecule has 0 saturated carbocycles. The Morgan fingerprint density at radius 2 is 1.41 bits per heavy atom. The zero-order valence-corrected chi connectivity index (χ0v) is 41.1. The quantitative estimate of drug-likeness (QED) is 0.0367. The highest BCUT2D eigenvalue weighted by atomic mass is 16.6. The summed E-state index contributed by atoms with van der Waals surface area (Å²) >= 11 is 0. The number of hydrogen-bond acceptors (Lipinski definition) is 10. The summed E-state index contributed by atoms with van der Waals surface area (Å²) in [7, 11) is 0. The highest BCUT2D eigenvalue weighted by molar-refractivity contribution is 6.05. The first-order valence-corrected chi connectivity index (χ1v) is 23.9. The standard InChI is InChI=1S/C53H71N5O10/c1-36(2)23-24-54-47(61)43(31-39-17-13-10-14-18-39)55-48(62)42(29-37(3)4)56-49(63)44(21-19-38-15-11-9-12-16-38)57(50(64)53(8)35-67-53)46(60)33-58(25-27-66-28-26-58)32-40-20-22-45(41(30-40)34-59)68-51(65)52(5,6)7/h9-18,20,22,30,34,36-37,42-44H,19,21,23-29,31-33,35H2,1-8H3,(H2-,54,55,56,61,62,63)/p+1/t42-,43-,44-,53+/m0/s1. The van der Waals surface area contributed by atoms with E-state index in [-0.39, 0.29) is 66.6 Å². The number of carbonyl (C=O) groups is 7. The van der Waals surface area contributed by atoms with Gasteiger partial charge in [-0.2, -0.15) is 0 Å². The zero-order valence-electron chi connectivity index (χ0n) is 41.1. The summed E-state index contributed by atoms with van der Waals surface area (Å²) in [6.45, 7) is 16.6. The van der Waals surface area contributed by atoms with Crippen LogP contribution in [0.4, 0.5) is 0 Å². The molecule has 3 aromatic carbocycles. The van der Waals surface area contributed by atoms with Crippen LogP contribution < -0.4 is 20.7 Å². The molecule has 15 nitrogen and oxygen atoms in total. The molecule has 0 aliphatic carbocycles. The molecule has 2 fully saturated rings. The van der Waals surface area contributed by atoms with E-state index < -0.39 is 58.7 Å². The lowest BCUT2D eigenvalue weighted by atomic mass is 9.97. The molecule has 0 unspecified atom stereocenters. The number of ether oxygens (including phenoxy) is 3. The Labute approximate surface area is 401 Å².